The minimum atomic E-state index is -0.812. The zero-order valence-electron chi connectivity index (χ0n) is 13.4. The first-order chi connectivity index (χ1) is 11.0. The number of carboxylic acids is 1. The fraction of sp³-hybridized carbons (Fsp3) is 0.474. The molecule has 2 atom stereocenters. The fourth-order valence-electron chi connectivity index (χ4n) is 3.29. The Hall–Kier alpha value is -1.42. The Morgan fingerprint density at radius 2 is 2.00 bits per heavy atom. The summed E-state index contributed by atoms with van der Waals surface area (Å²) in [6.45, 7) is 2.13. The average molecular weight is 379 g/mol. The van der Waals surface area contributed by atoms with E-state index in [2.05, 4.69) is 22.9 Å². The Balaban J connectivity index is 2.16. The van der Waals surface area contributed by atoms with Crippen LogP contribution in [0.15, 0.2) is 34.3 Å². The molecule has 1 aromatic rings. The molecule has 0 unspecified atom stereocenters. The van der Waals surface area contributed by atoms with E-state index in [0.29, 0.717) is 6.42 Å². The van der Waals surface area contributed by atoms with Crippen LogP contribution in [0.3, 0.4) is 0 Å². The number of allylic oxidation sites excluding steroid dienone is 1. The number of hydrogen-bond acceptors (Lipinski definition) is 2. The predicted octanol–water partition coefficient (Wildman–Crippen LogP) is 5.09. The Morgan fingerprint density at radius 1 is 1.30 bits per heavy atom. The molecule has 1 aromatic carbocycles. The molecule has 1 fully saturated rings. The van der Waals surface area contributed by atoms with E-state index >= 15 is 0 Å². The van der Waals surface area contributed by atoms with Crippen molar-refractivity contribution in [2.75, 3.05) is 0 Å². The van der Waals surface area contributed by atoms with Crippen LogP contribution in [0.2, 0.25) is 0 Å². The summed E-state index contributed by atoms with van der Waals surface area (Å²) >= 11 is 3.40. The molecule has 1 N–H and O–H groups in total. The minimum absolute atomic E-state index is 0.0569. The van der Waals surface area contributed by atoms with Gasteiger partial charge in [0, 0.05) is 16.8 Å². The first kappa shape index (κ1) is 17.9. The third kappa shape index (κ3) is 5.03. The first-order valence-corrected chi connectivity index (χ1v) is 9.02. The van der Waals surface area contributed by atoms with Crippen molar-refractivity contribution in [3.8, 4) is 0 Å². The van der Waals surface area contributed by atoms with Crippen LogP contribution in [0.25, 0.3) is 6.08 Å². The molecule has 3 nitrogen and oxygen atoms in total. The summed E-state index contributed by atoms with van der Waals surface area (Å²) in [5.74, 6) is -0.846. The van der Waals surface area contributed by atoms with Gasteiger partial charge >= 0.3 is 5.97 Å². The monoisotopic (exact) mass is 378 g/mol. The van der Waals surface area contributed by atoms with Crippen molar-refractivity contribution in [2.45, 2.75) is 45.4 Å². The molecule has 0 spiro atoms. The van der Waals surface area contributed by atoms with Crippen LogP contribution in [0.5, 0.6) is 0 Å². The second-order valence-electron chi connectivity index (χ2n) is 6.25. The largest absolute Gasteiger partial charge is 0.481 e. The zero-order chi connectivity index (χ0) is 16.8. The molecule has 124 valence electrons. The summed E-state index contributed by atoms with van der Waals surface area (Å²) in [4.78, 5) is 23.8. The van der Waals surface area contributed by atoms with Crippen molar-refractivity contribution >= 4 is 33.8 Å². The van der Waals surface area contributed by atoms with Crippen LogP contribution in [0.1, 0.15) is 51.0 Å². The molecule has 1 aliphatic carbocycles. The van der Waals surface area contributed by atoms with E-state index < -0.39 is 5.97 Å². The van der Waals surface area contributed by atoms with Crippen molar-refractivity contribution in [3.63, 3.8) is 0 Å². The van der Waals surface area contributed by atoms with E-state index in [1.54, 1.807) is 0 Å². The highest BCUT2D eigenvalue weighted by molar-refractivity contribution is 9.10. The average Bonchev–Trinajstić information content (AvgIpc) is 2.78. The fourth-order valence-corrected chi connectivity index (χ4v) is 3.55. The number of ketones is 1. The van der Waals surface area contributed by atoms with Gasteiger partial charge in [-0.05, 0) is 48.1 Å². The van der Waals surface area contributed by atoms with Crippen LogP contribution in [-0.4, -0.2) is 16.9 Å². The number of rotatable bonds is 7. The maximum absolute atomic E-state index is 12.7. The lowest BCUT2D eigenvalue weighted by molar-refractivity contribution is -0.138. The Bertz CT molecular complexity index is 589. The summed E-state index contributed by atoms with van der Waals surface area (Å²) in [6, 6.07) is 7.81. The maximum atomic E-state index is 12.7. The van der Waals surface area contributed by atoms with E-state index in [0.717, 1.165) is 41.3 Å². The van der Waals surface area contributed by atoms with E-state index in [1.807, 2.05) is 30.3 Å². The van der Waals surface area contributed by atoms with Gasteiger partial charge in [0.1, 0.15) is 0 Å². The van der Waals surface area contributed by atoms with Crippen molar-refractivity contribution < 1.29 is 14.7 Å². The number of benzene rings is 1. The van der Waals surface area contributed by atoms with Crippen LogP contribution < -0.4 is 0 Å². The van der Waals surface area contributed by atoms with Crippen molar-refractivity contribution in [2.24, 2.45) is 11.8 Å². The number of unbranched alkanes of at least 4 members (excludes halogenated alkanes) is 2. The van der Waals surface area contributed by atoms with Crippen molar-refractivity contribution in [1.82, 2.24) is 0 Å². The number of aliphatic carboxylic acids is 1. The van der Waals surface area contributed by atoms with Crippen LogP contribution in [0, 0.1) is 11.8 Å². The first-order valence-electron chi connectivity index (χ1n) is 8.23. The maximum Gasteiger partial charge on any atom is 0.303 e. The molecule has 0 aromatic heterocycles. The van der Waals surface area contributed by atoms with E-state index in [1.165, 1.54) is 0 Å². The molecule has 23 heavy (non-hydrogen) atoms. The second-order valence-corrected chi connectivity index (χ2v) is 7.17. The molecule has 4 heteroatoms. The van der Waals surface area contributed by atoms with Gasteiger partial charge in [0.15, 0.2) is 5.78 Å². The highest BCUT2D eigenvalue weighted by atomic mass is 79.9. The minimum Gasteiger partial charge on any atom is -0.481 e. The molecule has 0 heterocycles. The van der Waals surface area contributed by atoms with Gasteiger partial charge in [0.05, 0.1) is 0 Å². The van der Waals surface area contributed by atoms with Gasteiger partial charge in [-0.3, -0.25) is 9.59 Å². The normalized spacial score (nSPS) is 22.7. The summed E-state index contributed by atoms with van der Waals surface area (Å²) in [7, 11) is 0. The molecule has 1 saturated carbocycles. The lowest BCUT2D eigenvalue weighted by atomic mass is 9.88. The van der Waals surface area contributed by atoms with Crippen LogP contribution in [-0.2, 0) is 9.59 Å². The lowest BCUT2D eigenvalue weighted by Crippen LogP contribution is -2.18. The molecule has 0 bridgehead atoms. The summed E-state index contributed by atoms with van der Waals surface area (Å²) < 4.78 is 0.999. The van der Waals surface area contributed by atoms with Crippen LogP contribution >= 0.6 is 15.9 Å². The molecule has 1 aliphatic rings. The van der Waals surface area contributed by atoms with Gasteiger partial charge in [-0.25, -0.2) is 0 Å². The molecular formula is C19H23BrO3. The Labute approximate surface area is 145 Å². The zero-order valence-corrected chi connectivity index (χ0v) is 15.0. The smallest absolute Gasteiger partial charge is 0.303 e. The second kappa shape index (κ2) is 8.44. The van der Waals surface area contributed by atoms with E-state index in [4.69, 9.17) is 5.11 Å². The standard InChI is InChI=1S/C19H23BrO3/c1-2-3-4-5-17-14(12-18(21)22)11-15(19(17)23)10-13-6-8-16(20)9-7-13/h6-10,14,17H,2-5,11-12H2,1H3,(H,21,22)/b15-10+/t14-,17+/m1/s1. The van der Waals surface area contributed by atoms with Gasteiger partial charge in [-0.15, -0.1) is 0 Å². The number of hydrogen-bond donors (Lipinski definition) is 1. The van der Waals surface area contributed by atoms with Crippen LogP contribution in [0.4, 0.5) is 0 Å². The van der Waals surface area contributed by atoms with Gasteiger partial charge in [-0.2, -0.15) is 0 Å². The highest BCUT2D eigenvalue weighted by Crippen LogP contribution is 2.39. The van der Waals surface area contributed by atoms with Crippen molar-refractivity contribution in [3.05, 3.63) is 39.9 Å². The summed E-state index contributed by atoms with van der Waals surface area (Å²) in [5.41, 5.74) is 1.76. The predicted molar refractivity (Wildman–Crippen MR) is 95.1 cm³/mol. The molecule has 2 rings (SSSR count). The number of carbonyl (C=O) groups is 2. The number of carboxylic acid groups (broad SMARTS) is 1. The molecule has 0 aliphatic heterocycles. The van der Waals surface area contributed by atoms with Gasteiger partial charge < -0.3 is 5.11 Å². The number of halogens is 1. The third-order valence-corrected chi connectivity index (χ3v) is 5.00. The molecular weight excluding hydrogens is 356 g/mol. The third-order valence-electron chi connectivity index (χ3n) is 4.47. The SMILES string of the molecule is CCCCC[C@@H]1C(=O)/C(=C/c2ccc(Br)cc2)C[C@@H]1CC(=O)O. The Morgan fingerprint density at radius 3 is 2.61 bits per heavy atom. The summed E-state index contributed by atoms with van der Waals surface area (Å²) in [5, 5.41) is 9.12. The van der Waals surface area contributed by atoms with Gasteiger partial charge in [0.25, 0.3) is 0 Å². The lowest BCUT2D eigenvalue weighted by Gasteiger charge is -2.15. The quantitative estimate of drug-likeness (QED) is 0.530. The van der Waals surface area contributed by atoms with Crippen molar-refractivity contribution in [1.29, 1.82) is 0 Å². The molecule has 0 radical (unpaired) electrons. The number of carbonyl (C=O) groups excluding carboxylic acids is 1. The van der Waals surface area contributed by atoms with E-state index in [-0.39, 0.29) is 24.0 Å². The summed E-state index contributed by atoms with van der Waals surface area (Å²) in [6.07, 6.45) is 6.58. The number of Topliss-reactive ketones (excluding diaryl/α,β-unsaturated/α-hetero) is 1. The van der Waals surface area contributed by atoms with Gasteiger partial charge in [0.2, 0.25) is 0 Å². The topological polar surface area (TPSA) is 54.4 Å². The van der Waals surface area contributed by atoms with Gasteiger partial charge in [-0.1, -0.05) is 54.2 Å². The highest BCUT2D eigenvalue weighted by Gasteiger charge is 2.38. The molecule has 0 saturated heterocycles. The Kier molecular flexibility index (Phi) is 6.58. The van der Waals surface area contributed by atoms with E-state index in [9.17, 15) is 9.59 Å². The molecule has 0 amide bonds.